The van der Waals surface area contributed by atoms with Crippen molar-refractivity contribution in [2.75, 3.05) is 18.6 Å². The van der Waals surface area contributed by atoms with Crippen LogP contribution in [0.2, 0.25) is 0 Å². The molecule has 0 bridgehead atoms. The number of hydrogen-bond acceptors (Lipinski definition) is 6. The van der Waals surface area contributed by atoms with E-state index in [2.05, 4.69) is 10.0 Å². The first-order valence-electron chi connectivity index (χ1n) is 10.4. The number of aryl methyl sites for hydroxylation is 1. The zero-order chi connectivity index (χ0) is 23.4. The van der Waals surface area contributed by atoms with Crippen molar-refractivity contribution in [3.05, 3.63) is 77.4 Å². The second kappa shape index (κ2) is 9.41. The maximum absolute atomic E-state index is 13.0. The van der Waals surface area contributed by atoms with E-state index in [0.717, 1.165) is 17.5 Å². The molecule has 4 rings (SSSR count). The summed E-state index contributed by atoms with van der Waals surface area (Å²) in [6.45, 7) is 2.43. The molecule has 0 spiro atoms. The third-order valence-electron chi connectivity index (χ3n) is 5.22. The number of sulfonamides is 1. The van der Waals surface area contributed by atoms with Crippen LogP contribution in [0.1, 0.15) is 28.4 Å². The number of anilines is 1. The van der Waals surface area contributed by atoms with Gasteiger partial charge in [-0.3, -0.25) is 9.52 Å². The molecule has 33 heavy (non-hydrogen) atoms. The highest BCUT2D eigenvalue weighted by Gasteiger charge is 2.22. The maximum atomic E-state index is 13.0. The van der Waals surface area contributed by atoms with Crippen LogP contribution in [0.15, 0.2) is 65.6 Å². The largest absolute Gasteiger partial charge is 0.495 e. The highest BCUT2D eigenvalue weighted by atomic mass is 32.2. The zero-order valence-corrected chi connectivity index (χ0v) is 19.1. The summed E-state index contributed by atoms with van der Waals surface area (Å²) in [6, 6.07) is 16.8. The molecule has 9 heteroatoms. The molecule has 0 fully saturated rings. The average molecular weight is 469 g/mol. The van der Waals surface area contributed by atoms with E-state index >= 15 is 0 Å². The van der Waals surface area contributed by atoms with Crippen molar-refractivity contribution in [1.29, 1.82) is 0 Å². The Hall–Kier alpha value is -3.72. The van der Waals surface area contributed by atoms with Gasteiger partial charge in [-0.15, -0.1) is 0 Å². The molecule has 0 radical (unpaired) electrons. The van der Waals surface area contributed by atoms with Crippen LogP contribution in [-0.4, -0.2) is 28.2 Å². The Labute approximate surface area is 192 Å². The van der Waals surface area contributed by atoms with Gasteiger partial charge in [-0.1, -0.05) is 25.1 Å². The lowest BCUT2D eigenvalue weighted by Crippen LogP contribution is -2.23. The van der Waals surface area contributed by atoms with Crippen LogP contribution in [0, 0.1) is 0 Å². The van der Waals surface area contributed by atoms with E-state index < -0.39 is 15.9 Å². The van der Waals surface area contributed by atoms with Gasteiger partial charge in [-0.05, 0) is 60.0 Å². The number of benzene rings is 3. The summed E-state index contributed by atoms with van der Waals surface area (Å²) in [6.07, 6.45) is 0.851. The summed E-state index contributed by atoms with van der Waals surface area (Å²) in [7, 11) is -2.61. The SMILES string of the molecule is CCc1ccc(NS(=O)(=O)c2cc(C(=O)NCc3ccc4c(c3)OCO4)ccc2OC)cc1. The van der Waals surface area contributed by atoms with Crippen molar-refractivity contribution < 1.29 is 27.4 Å². The van der Waals surface area contributed by atoms with Crippen LogP contribution < -0.4 is 24.2 Å². The van der Waals surface area contributed by atoms with Gasteiger partial charge in [-0.2, -0.15) is 0 Å². The van der Waals surface area contributed by atoms with Crippen molar-refractivity contribution in [3.8, 4) is 17.2 Å². The monoisotopic (exact) mass is 468 g/mol. The molecular formula is C24H24N2O6S. The van der Waals surface area contributed by atoms with Crippen molar-refractivity contribution in [3.63, 3.8) is 0 Å². The number of hydrogen-bond donors (Lipinski definition) is 2. The Morgan fingerprint density at radius 2 is 1.70 bits per heavy atom. The molecule has 1 aliphatic heterocycles. The fourth-order valence-corrected chi connectivity index (χ4v) is 4.64. The number of amides is 1. The number of carbonyl (C=O) groups is 1. The molecule has 0 aromatic heterocycles. The fraction of sp³-hybridized carbons (Fsp3) is 0.208. The summed E-state index contributed by atoms with van der Waals surface area (Å²) in [5.74, 6) is 1.00. The van der Waals surface area contributed by atoms with Crippen LogP contribution >= 0.6 is 0 Å². The van der Waals surface area contributed by atoms with E-state index in [1.807, 2.05) is 25.1 Å². The number of methoxy groups -OCH3 is 1. The lowest BCUT2D eigenvalue weighted by atomic mass is 10.1. The maximum Gasteiger partial charge on any atom is 0.265 e. The third-order valence-corrected chi connectivity index (χ3v) is 6.62. The van der Waals surface area contributed by atoms with Crippen LogP contribution in [-0.2, 0) is 23.0 Å². The highest BCUT2D eigenvalue weighted by molar-refractivity contribution is 7.92. The first-order chi connectivity index (χ1) is 15.9. The number of carbonyl (C=O) groups excluding carboxylic acids is 1. The summed E-state index contributed by atoms with van der Waals surface area (Å²) in [4.78, 5) is 12.6. The van der Waals surface area contributed by atoms with Crippen LogP contribution in [0.3, 0.4) is 0 Å². The summed E-state index contributed by atoms with van der Waals surface area (Å²) in [5, 5.41) is 2.79. The molecule has 172 valence electrons. The van der Waals surface area contributed by atoms with E-state index in [0.29, 0.717) is 17.2 Å². The number of rotatable bonds is 8. The van der Waals surface area contributed by atoms with Crippen LogP contribution in [0.5, 0.6) is 17.2 Å². The van der Waals surface area contributed by atoms with Crippen molar-refractivity contribution in [2.45, 2.75) is 24.8 Å². The van der Waals surface area contributed by atoms with Gasteiger partial charge in [0.1, 0.15) is 10.6 Å². The fourth-order valence-electron chi connectivity index (χ4n) is 3.38. The van der Waals surface area contributed by atoms with Gasteiger partial charge in [-0.25, -0.2) is 8.42 Å². The summed E-state index contributed by atoms with van der Waals surface area (Å²) in [5.41, 5.74) is 2.54. The van der Waals surface area contributed by atoms with Crippen molar-refractivity contribution in [1.82, 2.24) is 5.32 Å². The lowest BCUT2D eigenvalue weighted by Gasteiger charge is -2.14. The zero-order valence-electron chi connectivity index (χ0n) is 18.3. The Bertz CT molecular complexity index is 1270. The van der Waals surface area contributed by atoms with Crippen LogP contribution in [0.4, 0.5) is 5.69 Å². The minimum Gasteiger partial charge on any atom is -0.495 e. The Kier molecular flexibility index (Phi) is 6.41. The molecule has 0 saturated heterocycles. The second-order valence-corrected chi connectivity index (χ2v) is 9.04. The summed E-state index contributed by atoms with van der Waals surface area (Å²) >= 11 is 0. The number of nitrogens with one attached hydrogen (secondary N) is 2. The molecule has 0 unspecified atom stereocenters. The van der Waals surface area contributed by atoms with Crippen LogP contribution in [0.25, 0.3) is 0 Å². The molecule has 8 nitrogen and oxygen atoms in total. The van der Waals surface area contributed by atoms with Gasteiger partial charge in [0.05, 0.1) is 7.11 Å². The summed E-state index contributed by atoms with van der Waals surface area (Å²) < 4.78 is 44.5. The van der Waals surface area contributed by atoms with Gasteiger partial charge >= 0.3 is 0 Å². The standard InChI is InChI=1S/C24H24N2O6S/c1-3-16-4-8-19(9-5-16)26-33(28,29)23-13-18(7-11-21(23)30-2)24(27)25-14-17-6-10-20-22(12-17)32-15-31-20/h4-13,26H,3,14-15H2,1-2H3,(H,25,27). The highest BCUT2D eigenvalue weighted by Crippen LogP contribution is 2.32. The minimum atomic E-state index is -3.99. The molecule has 1 aliphatic rings. The average Bonchev–Trinajstić information content (AvgIpc) is 3.30. The van der Waals surface area contributed by atoms with E-state index in [1.165, 1.54) is 25.3 Å². The first-order valence-corrected chi connectivity index (χ1v) is 11.8. The molecule has 0 aliphatic carbocycles. The predicted molar refractivity (Wildman–Crippen MR) is 123 cm³/mol. The predicted octanol–water partition coefficient (Wildman–Crippen LogP) is 3.72. The second-order valence-electron chi connectivity index (χ2n) is 7.39. The molecule has 3 aromatic carbocycles. The van der Waals surface area contributed by atoms with E-state index in [4.69, 9.17) is 14.2 Å². The molecule has 1 amide bonds. The smallest absolute Gasteiger partial charge is 0.265 e. The van der Waals surface area contributed by atoms with E-state index in [1.54, 1.807) is 24.3 Å². The molecular weight excluding hydrogens is 444 g/mol. The molecule has 0 saturated carbocycles. The topological polar surface area (TPSA) is 103 Å². The van der Waals surface area contributed by atoms with Crippen molar-refractivity contribution in [2.24, 2.45) is 0 Å². The van der Waals surface area contributed by atoms with E-state index in [9.17, 15) is 13.2 Å². The van der Waals surface area contributed by atoms with Gasteiger partial charge in [0.2, 0.25) is 6.79 Å². The Balaban J connectivity index is 1.52. The first kappa shape index (κ1) is 22.5. The molecule has 2 N–H and O–H groups in total. The van der Waals surface area contributed by atoms with Gasteiger partial charge in [0.15, 0.2) is 11.5 Å². The molecule has 3 aromatic rings. The van der Waals surface area contributed by atoms with Crippen molar-refractivity contribution >= 4 is 21.6 Å². The number of ether oxygens (including phenoxy) is 3. The van der Waals surface area contributed by atoms with Gasteiger partial charge < -0.3 is 19.5 Å². The van der Waals surface area contributed by atoms with Gasteiger partial charge in [0, 0.05) is 17.8 Å². The quantitative estimate of drug-likeness (QED) is 0.522. The Morgan fingerprint density at radius 3 is 2.42 bits per heavy atom. The lowest BCUT2D eigenvalue weighted by molar-refractivity contribution is 0.0950. The molecule has 1 heterocycles. The minimum absolute atomic E-state index is 0.125. The normalized spacial score (nSPS) is 12.3. The number of fused-ring (bicyclic) bond motifs is 1. The van der Waals surface area contributed by atoms with E-state index in [-0.39, 0.29) is 29.5 Å². The molecule has 0 atom stereocenters. The Morgan fingerprint density at radius 1 is 0.970 bits per heavy atom. The van der Waals surface area contributed by atoms with Gasteiger partial charge in [0.25, 0.3) is 15.9 Å². The third kappa shape index (κ3) is 5.04.